The zero-order chi connectivity index (χ0) is 12.1. The van der Waals surface area contributed by atoms with Crippen LogP contribution in [0.3, 0.4) is 0 Å². The normalized spacial score (nSPS) is 15.1. The molecule has 5 heteroatoms. The predicted molar refractivity (Wildman–Crippen MR) is 68.6 cm³/mol. The maximum absolute atomic E-state index is 8.98. The van der Waals surface area contributed by atoms with Crippen LogP contribution in [0.4, 0.5) is 5.82 Å². The van der Waals surface area contributed by atoms with Gasteiger partial charge in [-0.2, -0.15) is 0 Å². The van der Waals surface area contributed by atoms with Gasteiger partial charge in [0.05, 0.1) is 12.2 Å². The van der Waals surface area contributed by atoms with E-state index in [4.69, 9.17) is 5.11 Å². The summed E-state index contributed by atoms with van der Waals surface area (Å²) < 4.78 is 0. The van der Waals surface area contributed by atoms with Crippen LogP contribution in [-0.4, -0.2) is 49.2 Å². The van der Waals surface area contributed by atoms with Crippen molar-refractivity contribution in [1.82, 2.24) is 10.3 Å². The second kappa shape index (κ2) is 5.63. The van der Waals surface area contributed by atoms with E-state index >= 15 is 0 Å². The van der Waals surface area contributed by atoms with Gasteiger partial charge >= 0.3 is 0 Å². The zero-order valence-electron chi connectivity index (χ0n) is 10.1. The van der Waals surface area contributed by atoms with Crippen LogP contribution >= 0.6 is 0 Å². The van der Waals surface area contributed by atoms with Crippen LogP contribution in [0.25, 0.3) is 0 Å². The second-order valence-electron chi connectivity index (χ2n) is 4.03. The summed E-state index contributed by atoms with van der Waals surface area (Å²) in [6, 6.07) is 3.91. The second-order valence-corrected chi connectivity index (χ2v) is 4.03. The molecule has 0 amide bonds. The molecule has 1 aromatic rings. The zero-order valence-corrected chi connectivity index (χ0v) is 10.1. The van der Waals surface area contributed by atoms with Crippen molar-refractivity contribution < 1.29 is 5.11 Å². The Morgan fingerprint density at radius 2 is 2.41 bits per heavy atom. The Kier molecular flexibility index (Phi) is 3.93. The van der Waals surface area contributed by atoms with Crippen molar-refractivity contribution in [3.63, 3.8) is 0 Å². The Morgan fingerprint density at radius 3 is 3.12 bits per heavy atom. The number of hydrogen-bond acceptors (Lipinski definition) is 5. The minimum Gasteiger partial charge on any atom is -0.395 e. The lowest BCUT2D eigenvalue weighted by molar-refractivity contribution is 0.304. The smallest absolute Gasteiger partial charge is 0.139 e. The fourth-order valence-electron chi connectivity index (χ4n) is 1.85. The minimum absolute atomic E-state index is 0.117. The van der Waals surface area contributed by atoms with E-state index in [2.05, 4.69) is 15.3 Å². The Balaban J connectivity index is 2.29. The van der Waals surface area contributed by atoms with E-state index < -0.39 is 0 Å². The number of pyridine rings is 1. The molecule has 0 spiro atoms. The summed E-state index contributed by atoms with van der Waals surface area (Å²) >= 11 is 0. The molecule has 5 nitrogen and oxygen atoms in total. The van der Waals surface area contributed by atoms with E-state index in [9.17, 15) is 0 Å². The van der Waals surface area contributed by atoms with Gasteiger partial charge < -0.3 is 15.3 Å². The Morgan fingerprint density at radius 1 is 1.53 bits per heavy atom. The molecular formula is C12H18N4O. The first kappa shape index (κ1) is 11.9. The van der Waals surface area contributed by atoms with Crippen molar-refractivity contribution in [2.24, 2.45) is 4.99 Å². The third kappa shape index (κ3) is 2.74. The third-order valence-corrected chi connectivity index (χ3v) is 2.74. The molecule has 17 heavy (non-hydrogen) atoms. The standard InChI is InChI=1S/C12H18N4O/c1-16(8-9-17)12-10(4-2-5-15-12)11-13-6-3-7-14-11/h2,4-5,17H,3,6-9H2,1H3,(H,13,14). The van der Waals surface area contributed by atoms with Gasteiger partial charge in [-0.1, -0.05) is 0 Å². The molecule has 0 fully saturated rings. The number of nitrogens with zero attached hydrogens (tertiary/aromatic N) is 3. The van der Waals surface area contributed by atoms with E-state index in [-0.39, 0.29) is 6.61 Å². The van der Waals surface area contributed by atoms with Gasteiger partial charge in [0.15, 0.2) is 0 Å². The molecule has 2 rings (SSSR count). The van der Waals surface area contributed by atoms with Crippen LogP contribution in [0, 0.1) is 0 Å². The van der Waals surface area contributed by atoms with Crippen LogP contribution in [-0.2, 0) is 0 Å². The monoisotopic (exact) mass is 234 g/mol. The summed E-state index contributed by atoms with van der Waals surface area (Å²) in [7, 11) is 1.92. The molecule has 1 aliphatic rings. The molecule has 1 aromatic heterocycles. The van der Waals surface area contributed by atoms with E-state index in [0.29, 0.717) is 6.54 Å². The topological polar surface area (TPSA) is 60.8 Å². The molecular weight excluding hydrogens is 216 g/mol. The molecule has 0 aromatic carbocycles. The number of nitrogens with one attached hydrogen (secondary N) is 1. The Bertz CT molecular complexity index is 405. The summed E-state index contributed by atoms with van der Waals surface area (Å²) in [6.07, 6.45) is 2.83. The molecule has 0 aliphatic carbocycles. The summed E-state index contributed by atoms with van der Waals surface area (Å²) in [5.41, 5.74) is 1.00. The highest BCUT2D eigenvalue weighted by Crippen LogP contribution is 2.16. The minimum atomic E-state index is 0.117. The average Bonchev–Trinajstić information content (AvgIpc) is 2.40. The summed E-state index contributed by atoms with van der Waals surface area (Å²) in [6.45, 7) is 2.50. The molecule has 2 N–H and O–H groups in total. The number of aliphatic imine (C=N–C) groups is 1. The lowest BCUT2D eigenvalue weighted by Gasteiger charge is -2.22. The molecule has 1 aliphatic heterocycles. The highest BCUT2D eigenvalue weighted by atomic mass is 16.3. The Hall–Kier alpha value is -1.62. The van der Waals surface area contributed by atoms with E-state index in [1.165, 1.54) is 0 Å². The third-order valence-electron chi connectivity index (χ3n) is 2.74. The SMILES string of the molecule is CN(CCO)c1ncccc1C1=NCCCN1. The molecule has 0 unspecified atom stereocenters. The quantitative estimate of drug-likeness (QED) is 0.784. The maximum Gasteiger partial charge on any atom is 0.139 e. The number of hydrogen-bond donors (Lipinski definition) is 2. The van der Waals surface area contributed by atoms with E-state index in [0.717, 1.165) is 36.7 Å². The van der Waals surface area contributed by atoms with Crippen LogP contribution in [0.15, 0.2) is 23.3 Å². The number of amidine groups is 1. The van der Waals surface area contributed by atoms with Crippen molar-refractivity contribution in [3.8, 4) is 0 Å². The number of rotatable bonds is 4. The summed E-state index contributed by atoms with van der Waals surface area (Å²) in [4.78, 5) is 10.8. The first-order chi connectivity index (χ1) is 8.33. The van der Waals surface area contributed by atoms with Gasteiger partial charge in [-0.05, 0) is 18.6 Å². The molecule has 0 bridgehead atoms. The van der Waals surface area contributed by atoms with Gasteiger partial charge in [0.25, 0.3) is 0 Å². The van der Waals surface area contributed by atoms with Crippen LogP contribution in [0.2, 0.25) is 0 Å². The molecule has 0 saturated carbocycles. The number of aromatic nitrogens is 1. The Labute approximate surface area is 101 Å². The largest absolute Gasteiger partial charge is 0.395 e. The fraction of sp³-hybridized carbons (Fsp3) is 0.500. The van der Waals surface area contributed by atoms with Crippen molar-refractivity contribution in [2.45, 2.75) is 6.42 Å². The van der Waals surface area contributed by atoms with Gasteiger partial charge in [-0.3, -0.25) is 4.99 Å². The number of anilines is 1. The van der Waals surface area contributed by atoms with Gasteiger partial charge in [0, 0.05) is 32.9 Å². The van der Waals surface area contributed by atoms with Gasteiger partial charge in [-0.25, -0.2) is 4.98 Å². The predicted octanol–water partition coefficient (Wildman–Crippen LogP) is 0.250. The lowest BCUT2D eigenvalue weighted by atomic mass is 10.2. The lowest BCUT2D eigenvalue weighted by Crippen LogP contribution is -2.33. The summed E-state index contributed by atoms with van der Waals surface area (Å²) in [5.74, 6) is 1.76. The molecule has 0 atom stereocenters. The van der Waals surface area contributed by atoms with Gasteiger partial charge in [0.2, 0.25) is 0 Å². The van der Waals surface area contributed by atoms with Crippen molar-refractivity contribution in [1.29, 1.82) is 0 Å². The number of aliphatic hydroxyl groups excluding tert-OH is 1. The van der Waals surface area contributed by atoms with Crippen molar-refractivity contribution >= 4 is 11.7 Å². The van der Waals surface area contributed by atoms with E-state index in [1.54, 1.807) is 6.20 Å². The van der Waals surface area contributed by atoms with Gasteiger partial charge in [-0.15, -0.1) is 0 Å². The first-order valence-electron chi connectivity index (χ1n) is 5.88. The molecule has 0 radical (unpaired) electrons. The molecule has 0 saturated heterocycles. The van der Waals surface area contributed by atoms with Crippen LogP contribution in [0.5, 0.6) is 0 Å². The first-order valence-corrected chi connectivity index (χ1v) is 5.88. The van der Waals surface area contributed by atoms with E-state index in [1.807, 2.05) is 24.1 Å². The highest BCUT2D eigenvalue weighted by Gasteiger charge is 2.14. The van der Waals surface area contributed by atoms with Crippen molar-refractivity contribution in [2.75, 3.05) is 38.2 Å². The highest BCUT2D eigenvalue weighted by molar-refractivity contribution is 6.03. The van der Waals surface area contributed by atoms with Crippen LogP contribution < -0.4 is 10.2 Å². The van der Waals surface area contributed by atoms with Crippen molar-refractivity contribution in [3.05, 3.63) is 23.9 Å². The maximum atomic E-state index is 8.98. The van der Waals surface area contributed by atoms with Crippen LogP contribution in [0.1, 0.15) is 12.0 Å². The van der Waals surface area contributed by atoms with Gasteiger partial charge in [0.1, 0.15) is 11.7 Å². The summed E-state index contributed by atoms with van der Waals surface area (Å²) in [5, 5.41) is 12.3. The number of aliphatic hydroxyl groups is 1. The fourth-order valence-corrected chi connectivity index (χ4v) is 1.85. The average molecular weight is 234 g/mol. The number of likely N-dealkylation sites (N-methyl/N-ethyl adjacent to an activating group) is 1. The molecule has 92 valence electrons. The molecule has 2 heterocycles.